The summed E-state index contributed by atoms with van der Waals surface area (Å²) < 4.78 is 23.0. The molecule has 2 unspecified atom stereocenters. The van der Waals surface area contributed by atoms with Crippen molar-refractivity contribution in [2.75, 3.05) is 20.3 Å². The number of carbonyl (C=O) groups excluding carboxylic acids is 1. The number of ether oxygens (including phenoxy) is 2. The average Bonchev–Trinajstić information content (AvgIpc) is 2.39. The molecule has 0 aliphatic carbocycles. The Balaban J connectivity index is 0.00000361. The molecule has 0 saturated heterocycles. The highest BCUT2D eigenvalue weighted by Gasteiger charge is 2.14. The molecule has 0 fully saturated rings. The van der Waals surface area contributed by atoms with E-state index in [0.717, 1.165) is 0 Å². The van der Waals surface area contributed by atoms with Gasteiger partial charge in [-0.15, -0.1) is 12.4 Å². The Bertz CT molecular complexity index is 403. The van der Waals surface area contributed by atoms with E-state index < -0.39 is 6.04 Å². The van der Waals surface area contributed by atoms with Gasteiger partial charge in [0.1, 0.15) is 23.7 Å². The van der Waals surface area contributed by atoms with Gasteiger partial charge < -0.3 is 20.5 Å². The molecule has 0 aliphatic heterocycles. The lowest BCUT2D eigenvalue weighted by Gasteiger charge is -2.17. The number of nitrogens with two attached hydrogens (primary N) is 1. The molecule has 0 saturated carbocycles. The van der Waals surface area contributed by atoms with Gasteiger partial charge in [-0.25, -0.2) is 4.39 Å². The Kier molecular flexibility index (Phi) is 8.87. The van der Waals surface area contributed by atoms with Gasteiger partial charge in [0, 0.05) is 7.11 Å². The highest BCUT2D eigenvalue weighted by molar-refractivity contribution is 5.85. The lowest BCUT2D eigenvalue weighted by atomic mass is 10.3. The maximum atomic E-state index is 12.7. The zero-order chi connectivity index (χ0) is 14.3. The summed E-state index contributed by atoms with van der Waals surface area (Å²) >= 11 is 0. The zero-order valence-electron chi connectivity index (χ0n) is 11.5. The monoisotopic (exact) mass is 306 g/mol. The minimum absolute atomic E-state index is 0. The Labute approximate surface area is 124 Å². The lowest BCUT2D eigenvalue weighted by Crippen LogP contribution is -2.46. The molecule has 0 aliphatic rings. The summed E-state index contributed by atoms with van der Waals surface area (Å²) in [5, 5.41) is 2.66. The van der Waals surface area contributed by atoms with Crippen LogP contribution >= 0.6 is 12.4 Å². The molecular weight excluding hydrogens is 287 g/mol. The molecule has 114 valence electrons. The largest absolute Gasteiger partial charge is 0.489 e. The first-order valence-electron chi connectivity index (χ1n) is 5.97. The van der Waals surface area contributed by atoms with Gasteiger partial charge >= 0.3 is 0 Å². The van der Waals surface area contributed by atoms with Crippen LogP contribution in [0.1, 0.15) is 6.92 Å². The smallest absolute Gasteiger partial charge is 0.239 e. The van der Waals surface area contributed by atoms with Gasteiger partial charge in [0.05, 0.1) is 13.2 Å². The maximum Gasteiger partial charge on any atom is 0.239 e. The van der Waals surface area contributed by atoms with E-state index in [4.69, 9.17) is 15.2 Å². The maximum absolute atomic E-state index is 12.7. The van der Waals surface area contributed by atoms with Crippen LogP contribution in [0.4, 0.5) is 4.39 Å². The first-order valence-corrected chi connectivity index (χ1v) is 5.97. The highest BCUT2D eigenvalue weighted by atomic mass is 35.5. The fourth-order valence-corrected chi connectivity index (χ4v) is 1.42. The second-order valence-electron chi connectivity index (χ2n) is 4.19. The summed E-state index contributed by atoms with van der Waals surface area (Å²) in [7, 11) is 1.48. The van der Waals surface area contributed by atoms with Gasteiger partial charge in [-0.1, -0.05) is 0 Å². The van der Waals surface area contributed by atoms with Crippen LogP contribution in [0.5, 0.6) is 5.75 Å². The summed E-state index contributed by atoms with van der Waals surface area (Å²) in [4.78, 5) is 11.5. The van der Waals surface area contributed by atoms with Crippen LogP contribution < -0.4 is 15.8 Å². The molecule has 0 spiro atoms. The van der Waals surface area contributed by atoms with E-state index in [1.807, 2.05) is 0 Å². The van der Waals surface area contributed by atoms with Gasteiger partial charge in [-0.3, -0.25) is 4.79 Å². The number of amides is 1. The number of halogens is 2. The van der Waals surface area contributed by atoms with Crippen molar-refractivity contribution >= 4 is 18.3 Å². The van der Waals surface area contributed by atoms with Gasteiger partial charge in [0.25, 0.3) is 0 Å². The Morgan fingerprint density at radius 2 is 2.00 bits per heavy atom. The van der Waals surface area contributed by atoms with Crippen LogP contribution in [0.15, 0.2) is 24.3 Å². The van der Waals surface area contributed by atoms with E-state index in [-0.39, 0.29) is 36.8 Å². The molecule has 0 heterocycles. The van der Waals surface area contributed by atoms with E-state index in [1.54, 1.807) is 6.92 Å². The second-order valence-corrected chi connectivity index (χ2v) is 4.19. The predicted octanol–water partition coefficient (Wildman–Crippen LogP) is 1.10. The van der Waals surface area contributed by atoms with Crippen LogP contribution in [0.25, 0.3) is 0 Å². The number of nitrogens with one attached hydrogen (secondary N) is 1. The van der Waals surface area contributed by atoms with Gasteiger partial charge in [-0.05, 0) is 31.2 Å². The SMILES string of the molecule is COCC(N)C(=O)NCC(C)Oc1ccc(F)cc1.Cl. The van der Waals surface area contributed by atoms with Crippen molar-refractivity contribution in [1.82, 2.24) is 5.32 Å². The van der Waals surface area contributed by atoms with Crippen molar-refractivity contribution in [3.63, 3.8) is 0 Å². The molecule has 5 nitrogen and oxygen atoms in total. The van der Waals surface area contributed by atoms with E-state index in [9.17, 15) is 9.18 Å². The van der Waals surface area contributed by atoms with E-state index >= 15 is 0 Å². The van der Waals surface area contributed by atoms with E-state index in [1.165, 1.54) is 31.4 Å². The Morgan fingerprint density at radius 1 is 1.40 bits per heavy atom. The lowest BCUT2D eigenvalue weighted by molar-refractivity contribution is -0.123. The summed E-state index contributed by atoms with van der Waals surface area (Å²) in [5.41, 5.74) is 5.56. The molecule has 0 bridgehead atoms. The Morgan fingerprint density at radius 3 is 2.55 bits per heavy atom. The molecule has 1 aromatic carbocycles. The number of rotatable bonds is 7. The number of methoxy groups -OCH3 is 1. The normalized spacial score (nSPS) is 13.0. The summed E-state index contributed by atoms with van der Waals surface area (Å²) in [6.45, 7) is 2.28. The minimum Gasteiger partial charge on any atom is -0.489 e. The molecule has 2 atom stereocenters. The molecule has 1 amide bonds. The molecule has 3 N–H and O–H groups in total. The predicted molar refractivity (Wildman–Crippen MR) is 76.6 cm³/mol. The van der Waals surface area contributed by atoms with Crippen molar-refractivity contribution in [1.29, 1.82) is 0 Å². The molecular formula is C13H20ClFN2O3. The molecule has 20 heavy (non-hydrogen) atoms. The molecule has 7 heteroatoms. The van der Waals surface area contributed by atoms with Crippen molar-refractivity contribution < 1.29 is 18.7 Å². The fourth-order valence-electron chi connectivity index (χ4n) is 1.42. The third-order valence-corrected chi connectivity index (χ3v) is 2.40. The van der Waals surface area contributed by atoms with Gasteiger partial charge in [0.2, 0.25) is 5.91 Å². The summed E-state index contributed by atoms with van der Waals surface area (Å²) in [5.74, 6) is -0.0698. The van der Waals surface area contributed by atoms with E-state index in [2.05, 4.69) is 5.32 Å². The topological polar surface area (TPSA) is 73.6 Å². The highest BCUT2D eigenvalue weighted by Crippen LogP contribution is 2.12. The minimum atomic E-state index is -0.692. The number of hydrogen-bond donors (Lipinski definition) is 2. The summed E-state index contributed by atoms with van der Waals surface area (Å²) in [6.07, 6.45) is -0.246. The summed E-state index contributed by atoms with van der Waals surface area (Å²) in [6, 6.07) is 5.00. The quantitative estimate of drug-likeness (QED) is 0.791. The van der Waals surface area contributed by atoms with Crippen LogP contribution in [-0.4, -0.2) is 38.3 Å². The third-order valence-electron chi connectivity index (χ3n) is 2.40. The number of hydrogen-bond acceptors (Lipinski definition) is 4. The van der Waals surface area contributed by atoms with Crippen molar-refractivity contribution in [3.8, 4) is 5.75 Å². The second kappa shape index (κ2) is 9.52. The number of benzene rings is 1. The molecule has 0 aromatic heterocycles. The molecule has 1 rings (SSSR count). The van der Waals surface area contributed by atoms with Crippen molar-refractivity contribution in [2.45, 2.75) is 19.1 Å². The standard InChI is InChI=1S/C13H19FN2O3.ClH/c1-9(7-16-13(17)12(15)8-18-2)19-11-5-3-10(14)4-6-11;/h3-6,9,12H,7-8,15H2,1-2H3,(H,16,17);1H. The van der Waals surface area contributed by atoms with Crippen molar-refractivity contribution in [3.05, 3.63) is 30.1 Å². The van der Waals surface area contributed by atoms with E-state index in [0.29, 0.717) is 12.3 Å². The van der Waals surface area contributed by atoms with Gasteiger partial charge in [0.15, 0.2) is 0 Å². The van der Waals surface area contributed by atoms with Crippen LogP contribution in [0.2, 0.25) is 0 Å². The fraction of sp³-hybridized carbons (Fsp3) is 0.462. The van der Waals surface area contributed by atoms with Gasteiger partial charge in [-0.2, -0.15) is 0 Å². The Hall–Kier alpha value is -1.37. The first-order chi connectivity index (χ1) is 9.02. The van der Waals surface area contributed by atoms with Crippen LogP contribution in [0, 0.1) is 5.82 Å². The average molecular weight is 307 g/mol. The first kappa shape index (κ1) is 18.6. The molecule has 0 radical (unpaired) electrons. The van der Waals surface area contributed by atoms with Crippen LogP contribution in [-0.2, 0) is 9.53 Å². The van der Waals surface area contributed by atoms with Crippen molar-refractivity contribution in [2.24, 2.45) is 5.73 Å². The zero-order valence-corrected chi connectivity index (χ0v) is 12.3. The van der Waals surface area contributed by atoms with Crippen LogP contribution in [0.3, 0.4) is 0 Å². The number of carbonyl (C=O) groups is 1. The molecule has 1 aromatic rings. The third kappa shape index (κ3) is 6.70.